The lowest BCUT2D eigenvalue weighted by Gasteiger charge is -2.15. The van der Waals surface area contributed by atoms with Gasteiger partial charge in [0.1, 0.15) is 0 Å². The van der Waals surface area contributed by atoms with E-state index in [4.69, 9.17) is 0 Å². The van der Waals surface area contributed by atoms with Crippen molar-refractivity contribution in [1.82, 2.24) is 10.3 Å². The molecule has 132 valence electrons. The number of carbonyl (C=O) groups excluding carboxylic acids is 1. The first-order chi connectivity index (χ1) is 12.8. The Morgan fingerprint density at radius 1 is 0.923 bits per heavy atom. The summed E-state index contributed by atoms with van der Waals surface area (Å²) in [6.45, 7) is 0.413. The molecular formula is C22H22N2O2. The summed E-state index contributed by atoms with van der Waals surface area (Å²) in [5.74, 6) is -0.193. The summed E-state index contributed by atoms with van der Waals surface area (Å²) in [5.41, 5.74) is 3.72. The zero-order valence-electron chi connectivity index (χ0n) is 14.5. The molecule has 0 aliphatic rings. The Hall–Kier alpha value is -2.98. The third-order valence-electron chi connectivity index (χ3n) is 4.29. The van der Waals surface area contributed by atoms with Gasteiger partial charge in [0.25, 0.3) is 5.91 Å². The fourth-order valence-corrected chi connectivity index (χ4v) is 2.80. The maximum Gasteiger partial charge on any atom is 0.251 e. The Labute approximate surface area is 153 Å². The molecule has 1 aromatic heterocycles. The molecule has 3 aromatic rings. The molecule has 0 saturated carbocycles. The van der Waals surface area contributed by atoms with Crippen molar-refractivity contribution in [2.45, 2.75) is 6.42 Å². The largest absolute Gasteiger partial charge is 0.396 e. The van der Waals surface area contributed by atoms with Gasteiger partial charge in [-0.15, -0.1) is 0 Å². The molecule has 4 nitrogen and oxygen atoms in total. The minimum Gasteiger partial charge on any atom is -0.396 e. The SMILES string of the molecule is O=C(NCC(CO)Cc1ccccn1)c1ccc(-c2ccccc2)cc1. The van der Waals surface area contributed by atoms with E-state index < -0.39 is 0 Å². The average molecular weight is 346 g/mol. The van der Waals surface area contributed by atoms with Crippen LogP contribution in [0.25, 0.3) is 11.1 Å². The van der Waals surface area contributed by atoms with Crippen LogP contribution in [0.15, 0.2) is 79.0 Å². The third kappa shape index (κ3) is 4.77. The van der Waals surface area contributed by atoms with E-state index in [1.165, 1.54) is 0 Å². The molecule has 1 heterocycles. The lowest BCUT2D eigenvalue weighted by Crippen LogP contribution is -2.32. The number of benzene rings is 2. The number of aromatic nitrogens is 1. The molecular weight excluding hydrogens is 324 g/mol. The molecule has 2 aromatic carbocycles. The van der Waals surface area contributed by atoms with Gasteiger partial charge in [-0.2, -0.15) is 0 Å². The second-order valence-electron chi connectivity index (χ2n) is 6.23. The Bertz CT molecular complexity index is 818. The third-order valence-corrected chi connectivity index (χ3v) is 4.29. The molecule has 1 unspecified atom stereocenters. The Morgan fingerprint density at radius 2 is 1.62 bits per heavy atom. The monoisotopic (exact) mass is 346 g/mol. The van der Waals surface area contributed by atoms with Crippen LogP contribution in [0.3, 0.4) is 0 Å². The standard InChI is InChI=1S/C22H22N2O2/c25-16-17(14-21-8-4-5-13-23-21)15-24-22(26)20-11-9-19(10-12-20)18-6-2-1-3-7-18/h1-13,17,25H,14-16H2,(H,24,26). The summed E-state index contributed by atoms with van der Waals surface area (Å²) < 4.78 is 0. The molecule has 4 heteroatoms. The second kappa shape index (κ2) is 8.92. The van der Waals surface area contributed by atoms with E-state index in [-0.39, 0.29) is 18.4 Å². The number of carbonyl (C=O) groups is 1. The molecule has 2 N–H and O–H groups in total. The van der Waals surface area contributed by atoms with Crippen molar-refractivity contribution in [2.75, 3.05) is 13.2 Å². The number of nitrogens with zero attached hydrogens (tertiary/aromatic N) is 1. The van der Waals surface area contributed by atoms with Gasteiger partial charge in [-0.3, -0.25) is 9.78 Å². The molecule has 1 amide bonds. The first-order valence-electron chi connectivity index (χ1n) is 8.70. The molecule has 0 bridgehead atoms. The van der Waals surface area contributed by atoms with Gasteiger partial charge < -0.3 is 10.4 Å². The van der Waals surface area contributed by atoms with Crippen molar-refractivity contribution >= 4 is 5.91 Å². The molecule has 0 fully saturated rings. The van der Waals surface area contributed by atoms with Crippen LogP contribution >= 0.6 is 0 Å². The van der Waals surface area contributed by atoms with Gasteiger partial charge in [-0.1, -0.05) is 48.5 Å². The summed E-state index contributed by atoms with van der Waals surface area (Å²) in [4.78, 5) is 16.6. The van der Waals surface area contributed by atoms with Gasteiger partial charge in [-0.05, 0) is 41.8 Å². The van der Waals surface area contributed by atoms with Gasteiger partial charge in [0.2, 0.25) is 0 Å². The lowest BCUT2D eigenvalue weighted by atomic mass is 10.0. The Balaban J connectivity index is 1.57. The molecule has 0 spiro atoms. The van der Waals surface area contributed by atoms with E-state index >= 15 is 0 Å². The zero-order chi connectivity index (χ0) is 18.2. The van der Waals surface area contributed by atoms with Gasteiger partial charge in [0, 0.05) is 36.5 Å². The molecule has 3 rings (SSSR count). The summed E-state index contributed by atoms with van der Waals surface area (Å²) in [6, 6.07) is 23.3. The number of rotatable bonds is 7. The highest BCUT2D eigenvalue weighted by Crippen LogP contribution is 2.19. The summed E-state index contributed by atoms with van der Waals surface area (Å²) >= 11 is 0. The van der Waals surface area contributed by atoms with E-state index in [1.54, 1.807) is 6.20 Å². The molecule has 0 aliphatic heterocycles. The van der Waals surface area contributed by atoms with Crippen LogP contribution < -0.4 is 5.32 Å². The predicted molar refractivity (Wildman–Crippen MR) is 103 cm³/mol. The number of aliphatic hydroxyl groups excluding tert-OH is 1. The summed E-state index contributed by atoms with van der Waals surface area (Å²) in [5, 5.41) is 12.5. The minimum atomic E-state index is -0.135. The van der Waals surface area contributed by atoms with Gasteiger partial charge in [0.05, 0.1) is 0 Å². The first-order valence-corrected chi connectivity index (χ1v) is 8.70. The second-order valence-corrected chi connectivity index (χ2v) is 6.23. The molecule has 26 heavy (non-hydrogen) atoms. The quantitative estimate of drug-likeness (QED) is 0.690. The number of amides is 1. The van der Waals surface area contributed by atoms with Crippen molar-refractivity contribution in [3.63, 3.8) is 0 Å². The average Bonchev–Trinajstić information content (AvgIpc) is 2.72. The highest BCUT2D eigenvalue weighted by molar-refractivity contribution is 5.94. The molecule has 0 aliphatic carbocycles. The van der Waals surface area contributed by atoms with Crippen LogP contribution in [0.2, 0.25) is 0 Å². The number of hydrogen-bond acceptors (Lipinski definition) is 3. The highest BCUT2D eigenvalue weighted by Gasteiger charge is 2.12. The maximum atomic E-state index is 12.4. The number of pyridine rings is 1. The van der Waals surface area contributed by atoms with E-state index in [9.17, 15) is 9.90 Å². The lowest BCUT2D eigenvalue weighted by molar-refractivity contribution is 0.0940. The fourth-order valence-electron chi connectivity index (χ4n) is 2.80. The van der Waals surface area contributed by atoms with E-state index in [2.05, 4.69) is 10.3 Å². The van der Waals surface area contributed by atoms with E-state index in [1.807, 2.05) is 72.8 Å². The van der Waals surface area contributed by atoms with Crippen molar-refractivity contribution < 1.29 is 9.90 Å². The van der Waals surface area contributed by atoms with Crippen molar-refractivity contribution in [2.24, 2.45) is 5.92 Å². The number of aliphatic hydroxyl groups is 1. The normalized spacial score (nSPS) is 11.7. The van der Waals surface area contributed by atoms with Crippen LogP contribution in [0.1, 0.15) is 16.1 Å². The van der Waals surface area contributed by atoms with Gasteiger partial charge in [-0.25, -0.2) is 0 Å². The van der Waals surface area contributed by atoms with Crippen LogP contribution in [0, 0.1) is 5.92 Å². The zero-order valence-corrected chi connectivity index (χ0v) is 14.5. The fraction of sp³-hybridized carbons (Fsp3) is 0.182. The van der Waals surface area contributed by atoms with Crippen LogP contribution in [-0.2, 0) is 6.42 Å². The highest BCUT2D eigenvalue weighted by atomic mass is 16.3. The maximum absolute atomic E-state index is 12.4. The van der Waals surface area contributed by atoms with Crippen molar-refractivity contribution in [1.29, 1.82) is 0 Å². The summed E-state index contributed by atoms with van der Waals surface area (Å²) in [6.07, 6.45) is 2.36. The van der Waals surface area contributed by atoms with Gasteiger partial charge in [0.15, 0.2) is 0 Å². The topological polar surface area (TPSA) is 62.2 Å². The van der Waals surface area contributed by atoms with Crippen LogP contribution in [0.5, 0.6) is 0 Å². The molecule has 0 radical (unpaired) electrons. The van der Waals surface area contributed by atoms with Crippen LogP contribution in [-0.4, -0.2) is 29.1 Å². The van der Waals surface area contributed by atoms with E-state index in [0.717, 1.165) is 16.8 Å². The molecule has 0 saturated heterocycles. The minimum absolute atomic E-state index is 0.00377. The predicted octanol–water partition coefficient (Wildman–Crippen LogP) is 3.33. The van der Waals surface area contributed by atoms with Gasteiger partial charge >= 0.3 is 0 Å². The Kier molecular flexibility index (Phi) is 6.12. The smallest absolute Gasteiger partial charge is 0.251 e. The van der Waals surface area contributed by atoms with Crippen molar-refractivity contribution in [3.05, 3.63) is 90.3 Å². The number of nitrogens with one attached hydrogen (secondary N) is 1. The van der Waals surface area contributed by atoms with Crippen LogP contribution in [0.4, 0.5) is 0 Å². The number of hydrogen-bond donors (Lipinski definition) is 2. The van der Waals surface area contributed by atoms with Crippen molar-refractivity contribution in [3.8, 4) is 11.1 Å². The summed E-state index contributed by atoms with van der Waals surface area (Å²) in [7, 11) is 0. The molecule has 1 atom stereocenters. The van der Waals surface area contributed by atoms with E-state index in [0.29, 0.717) is 18.5 Å². The first kappa shape index (κ1) is 17.8. The Morgan fingerprint density at radius 3 is 2.27 bits per heavy atom.